The molecule has 0 radical (unpaired) electrons. The van der Waals surface area contributed by atoms with Crippen molar-refractivity contribution in [2.24, 2.45) is 0 Å². The van der Waals surface area contributed by atoms with E-state index in [0.717, 1.165) is 21.1 Å². The summed E-state index contributed by atoms with van der Waals surface area (Å²) < 4.78 is 15.5. The largest absolute Gasteiger partial charge is 0.306 e. The first-order valence-corrected chi connectivity index (χ1v) is 8.37. The highest BCUT2D eigenvalue weighted by Crippen LogP contribution is 2.38. The van der Waals surface area contributed by atoms with E-state index >= 15 is 0 Å². The first-order valence-electron chi connectivity index (χ1n) is 5.97. The van der Waals surface area contributed by atoms with E-state index in [2.05, 4.69) is 57.1 Å². The van der Waals surface area contributed by atoms with Crippen LogP contribution in [0.1, 0.15) is 28.3 Å². The molecule has 0 aliphatic carbocycles. The van der Waals surface area contributed by atoms with Crippen LogP contribution in [0.25, 0.3) is 0 Å². The second-order valence-corrected chi connectivity index (χ2v) is 7.22. The fourth-order valence-corrected chi connectivity index (χ4v) is 4.43. The van der Waals surface area contributed by atoms with Crippen molar-refractivity contribution in [1.29, 1.82) is 0 Å². The third kappa shape index (κ3) is 3.45. The molecule has 5 heteroatoms. The lowest BCUT2D eigenvalue weighted by Gasteiger charge is -2.19. The molecular formula is C14H14Br2FNS. The van der Waals surface area contributed by atoms with Crippen molar-refractivity contribution < 1.29 is 4.39 Å². The van der Waals surface area contributed by atoms with Crippen LogP contribution in [-0.2, 0) is 0 Å². The zero-order valence-corrected chi connectivity index (χ0v) is 14.6. The summed E-state index contributed by atoms with van der Waals surface area (Å²) in [5.41, 5.74) is 0.921. The summed E-state index contributed by atoms with van der Waals surface area (Å²) in [6, 6.07) is 6.88. The second-order valence-electron chi connectivity index (χ2n) is 4.23. The minimum Gasteiger partial charge on any atom is -0.306 e. The van der Waals surface area contributed by atoms with Gasteiger partial charge in [-0.2, -0.15) is 0 Å². The van der Waals surface area contributed by atoms with Gasteiger partial charge in [0.05, 0.1) is 6.04 Å². The fourth-order valence-electron chi connectivity index (χ4n) is 1.98. The molecule has 1 atom stereocenters. The van der Waals surface area contributed by atoms with Crippen LogP contribution in [-0.4, -0.2) is 6.54 Å². The van der Waals surface area contributed by atoms with Gasteiger partial charge < -0.3 is 5.32 Å². The van der Waals surface area contributed by atoms with Crippen molar-refractivity contribution in [1.82, 2.24) is 5.32 Å². The molecule has 0 aliphatic heterocycles. The molecule has 102 valence electrons. The summed E-state index contributed by atoms with van der Waals surface area (Å²) in [5, 5.41) is 3.42. The number of rotatable bonds is 4. The first-order chi connectivity index (χ1) is 9.02. The van der Waals surface area contributed by atoms with Crippen molar-refractivity contribution in [3.8, 4) is 0 Å². The van der Waals surface area contributed by atoms with Gasteiger partial charge in [-0.3, -0.25) is 0 Å². The number of halogens is 3. The van der Waals surface area contributed by atoms with Gasteiger partial charge in [0.2, 0.25) is 0 Å². The Morgan fingerprint density at radius 1 is 1.26 bits per heavy atom. The Morgan fingerprint density at radius 3 is 2.58 bits per heavy atom. The normalized spacial score (nSPS) is 12.7. The molecule has 1 heterocycles. The maximum absolute atomic E-state index is 13.5. The van der Waals surface area contributed by atoms with E-state index in [1.165, 1.54) is 15.8 Å². The lowest BCUT2D eigenvalue weighted by molar-refractivity contribution is 0.604. The number of hydrogen-bond acceptors (Lipinski definition) is 2. The summed E-state index contributed by atoms with van der Waals surface area (Å²) in [7, 11) is 0. The number of thiophene rings is 1. The topological polar surface area (TPSA) is 12.0 Å². The quantitative estimate of drug-likeness (QED) is 0.714. The zero-order valence-electron chi connectivity index (χ0n) is 10.6. The summed E-state index contributed by atoms with van der Waals surface area (Å²) in [6.45, 7) is 4.94. The standard InChI is InChI=1S/C14H14Br2FNS/c1-3-18-13(14-12(16)6-8(2)19-14)10-7-9(17)4-5-11(10)15/h4-7,13,18H,3H2,1-2H3. The van der Waals surface area contributed by atoms with Gasteiger partial charge in [-0.15, -0.1) is 11.3 Å². The predicted octanol–water partition coefficient (Wildman–Crippen LogP) is 5.42. The molecule has 0 saturated carbocycles. The van der Waals surface area contributed by atoms with Crippen molar-refractivity contribution >= 4 is 43.2 Å². The highest BCUT2D eigenvalue weighted by molar-refractivity contribution is 9.10. The summed E-state index contributed by atoms with van der Waals surface area (Å²) >= 11 is 8.82. The monoisotopic (exact) mass is 405 g/mol. The smallest absolute Gasteiger partial charge is 0.123 e. The summed E-state index contributed by atoms with van der Waals surface area (Å²) in [5.74, 6) is -0.217. The Labute approximate surface area is 133 Å². The lowest BCUT2D eigenvalue weighted by atomic mass is 10.1. The SMILES string of the molecule is CCNC(c1cc(F)ccc1Br)c1sc(C)cc1Br. The summed E-state index contributed by atoms with van der Waals surface area (Å²) in [4.78, 5) is 2.41. The Kier molecular flexibility index (Phi) is 5.17. The third-order valence-electron chi connectivity index (χ3n) is 2.78. The van der Waals surface area contributed by atoms with Crippen molar-refractivity contribution in [3.63, 3.8) is 0 Å². The Bertz CT molecular complexity index is 583. The van der Waals surface area contributed by atoms with E-state index in [-0.39, 0.29) is 11.9 Å². The van der Waals surface area contributed by atoms with E-state index in [1.54, 1.807) is 23.5 Å². The molecule has 2 rings (SSSR count). The van der Waals surface area contributed by atoms with Gasteiger partial charge in [0.25, 0.3) is 0 Å². The number of aryl methyl sites for hydroxylation is 1. The van der Waals surface area contributed by atoms with E-state index in [1.807, 2.05) is 0 Å². The Balaban J connectivity index is 2.51. The highest BCUT2D eigenvalue weighted by atomic mass is 79.9. The highest BCUT2D eigenvalue weighted by Gasteiger charge is 2.21. The second kappa shape index (κ2) is 6.48. The Morgan fingerprint density at radius 2 is 2.00 bits per heavy atom. The molecule has 0 aliphatic rings. The van der Waals surface area contributed by atoms with Gasteiger partial charge in [-0.1, -0.05) is 22.9 Å². The maximum atomic E-state index is 13.5. The van der Waals surface area contributed by atoms with Crippen LogP contribution in [0.4, 0.5) is 4.39 Å². The molecule has 0 bridgehead atoms. The van der Waals surface area contributed by atoms with Crippen LogP contribution < -0.4 is 5.32 Å². The molecule has 0 amide bonds. The van der Waals surface area contributed by atoms with Crippen LogP contribution in [0.2, 0.25) is 0 Å². The van der Waals surface area contributed by atoms with Crippen LogP contribution in [0, 0.1) is 12.7 Å². The zero-order chi connectivity index (χ0) is 14.0. The van der Waals surface area contributed by atoms with Crippen molar-refractivity contribution in [3.05, 3.63) is 54.3 Å². The van der Waals surface area contributed by atoms with Crippen molar-refractivity contribution in [2.75, 3.05) is 6.54 Å². The van der Waals surface area contributed by atoms with E-state index in [4.69, 9.17) is 0 Å². The molecule has 0 fully saturated rings. The van der Waals surface area contributed by atoms with Crippen LogP contribution in [0.3, 0.4) is 0 Å². The molecule has 1 N–H and O–H groups in total. The van der Waals surface area contributed by atoms with Gasteiger partial charge in [0.1, 0.15) is 5.82 Å². The average molecular weight is 407 g/mol. The molecule has 0 spiro atoms. The minimum atomic E-state index is -0.217. The molecule has 1 aromatic carbocycles. The molecular weight excluding hydrogens is 393 g/mol. The van der Waals surface area contributed by atoms with E-state index < -0.39 is 0 Å². The molecule has 19 heavy (non-hydrogen) atoms. The molecule has 1 nitrogen and oxygen atoms in total. The summed E-state index contributed by atoms with van der Waals surface area (Å²) in [6.07, 6.45) is 0. The Hall–Kier alpha value is -0.230. The number of benzene rings is 1. The predicted molar refractivity (Wildman–Crippen MR) is 86.4 cm³/mol. The van der Waals surface area contributed by atoms with Crippen molar-refractivity contribution in [2.45, 2.75) is 19.9 Å². The molecule has 0 saturated heterocycles. The van der Waals surface area contributed by atoms with Gasteiger partial charge in [-0.05, 0) is 59.2 Å². The number of hydrogen-bond donors (Lipinski definition) is 1. The fraction of sp³-hybridized carbons (Fsp3) is 0.286. The third-order valence-corrected chi connectivity index (χ3v) is 5.53. The molecule has 2 aromatic rings. The van der Waals surface area contributed by atoms with E-state index in [9.17, 15) is 4.39 Å². The van der Waals surface area contributed by atoms with Crippen LogP contribution >= 0.6 is 43.2 Å². The molecule has 1 aromatic heterocycles. The lowest BCUT2D eigenvalue weighted by Crippen LogP contribution is -2.22. The van der Waals surface area contributed by atoms with Gasteiger partial charge in [0.15, 0.2) is 0 Å². The first kappa shape index (κ1) is 15.2. The van der Waals surface area contributed by atoms with Gasteiger partial charge in [0, 0.05) is 18.7 Å². The van der Waals surface area contributed by atoms with Crippen LogP contribution in [0.5, 0.6) is 0 Å². The molecule has 1 unspecified atom stereocenters. The number of nitrogens with one attached hydrogen (secondary N) is 1. The minimum absolute atomic E-state index is 0.0110. The van der Waals surface area contributed by atoms with Gasteiger partial charge in [-0.25, -0.2) is 4.39 Å². The maximum Gasteiger partial charge on any atom is 0.123 e. The van der Waals surface area contributed by atoms with E-state index in [0.29, 0.717) is 0 Å². The van der Waals surface area contributed by atoms with Crippen LogP contribution in [0.15, 0.2) is 33.2 Å². The average Bonchev–Trinajstić information content (AvgIpc) is 2.69. The van der Waals surface area contributed by atoms with Gasteiger partial charge >= 0.3 is 0 Å².